The van der Waals surface area contributed by atoms with E-state index in [4.69, 9.17) is 4.74 Å². The van der Waals surface area contributed by atoms with Gasteiger partial charge in [0, 0.05) is 5.69 Å². The number of fused-ring (bicyclic) bond motifs is 1. The SMILES string of the molecule is Cc1ccc(COc2ccc3c(c2)C(C)(C)C(=O)N3)cc1. The van der Waals surface area contributed by atoms with Crippen LogP contribution < -0.4 is 10.1 Å². The molecule has 3 nitrogen and oxygen atoms in total. The first-order valence-corrected chi connectivity index (χ1v) is 7.11. The van der Waals surface area contributed by atoms with Gasteiger partial charge in [0.05, 0.1) is 5.41 Å². The Balaban J connectivity index is 1.78. The summed E-state index contributed by atoms with van der Waals surface area (Å²) >= 11 is 0. The van der Waals surface area contributed by atoms with Gasteiger partial charge in [-0.1, -0.05) is 29.8 Å². The minimum absolute atomic E-state index is 0.0354. The minimum Gasteiger partial charge on any atom is -0.489 e. The Labute approximate surface area is 124 Å². The van der Waals surface area contributed by atoms with Crippen molar-refractivity contribution in [3.05, 3.63) is 59.2 Å². The molecule has 21 heavy (non-hydrogen) atoms. The molecular formula is C18H19NO2. The lowest BCUT2D eigenvalue weighted by molar-refractivity contribution is -0.119. The molecule has 0 unspecified atom stereocenters. The zero-order valence-corrected chi connectivity index (χ0v) is 12.6. The van der Waals surface area contributed by atoms with Gasteiger partial charge in [-0.3, -0.25) is 4.79 Å². The molecule has 1 aliphatic heterocycles. The van der Waals surface area contributed by atoms with Crippen LogP contribution in [0.25, 0.3) is 0 Å². The molecule has 1 heterocycles. The van der Waals surface area contributed by atoms with Crippen molar-refractivity contribution in [1.82, 2.24) is 0 Å². The third-order valence-corrected chi connectivity index (χ3v) is 4.01. The van der Waals surface area contributed by atoms with Crippen molar-refractivity contribution in [2.45, 2.75) is 32.8 Å². The van der Waals surface area contributed by atoms with E-state index < -0.39 is 5.41 Å². The van der Waals surface area contributed by atoms with Gasteiger partial charge in [0.2, 0.25) is 5.91 Å². The Morgan fingerprint density at radius 2 is 1.81 bits per heavy atom. The maximum atomic E-state index is 11.9. The number of anilines is 1. The lowest BCUT2D eigenvalue weighted by atomic mass is 9.86. The van der Waals surface area contributed by atoms with E-state index in [1.54, 1.807) is 0 Å². The van der Waals surface area contributed by atoms with E-state index in [2.05, 4.69) is 36.5 Å². The first-order chi connectivity index (χ1) is 9.96. The fourth-order valence-corrected chi connectivity index (χ4v) is 2.49. The Morgan fingerprint density at radius 1 is 1.10 bits per heavy atom. The molecule has 3 heteroatoms. The highest BCUT2D eigenvalue weighted by molar-refractivity contribution is 6.05. The standard InChI is InChI=1S/C18H19NO2/c1-12-4-6-13(7-5-12)11-21-14-8-9-16-15(10-14)18(2,3)17(20)19-16/h4-10H,11H2,1-3H3,(H,19,20). The highest BCUT2D eigenvalue weighted by Crippen LogP contribution is 2.39. The summed E-state index contributed by atoms with van der Waals surface area (Å²) in [7, 11) is 0. The lowest BCUT2D eigenvalue weighted by Crippen LogP contribution is -2.26. The second-order valence-electron chi connectivity index (χ2n) is 6.06. The van der Waals surface area contributed by atoms with Crippen molar-refractivity contribution in [3.63, 3.8) is 0 Å². The predicted molar refractivity (Wildman–Crippen MR) is 83.6 cm³/mol. The van der Waals surface area contributed by atoms with E-state index in [0.29, 0.717) is 6.61 Å². The number of nitrogens with one attached hydrogen (secondary N) is 1. The summed E-state index contributed by atoms with van der Waals surface area (Å²) in [5, 5.41) is 2.90. The Bertz CT molecular complexity index is 687. The molecule has 3 rings (SSSR count). The van der Waals surface area contributed by atoms with E-state index in [0.717, 1.165) is 22.6 Å². The lowest BCUT2D eigenvalue weighted by Gasteiger charge is -2.16. The summed E-state index contributed by atoms with van der Waals surface area (Å²) in [5.74, 6) is 0.826. The van der Waals surface area contributed by atoms with Crippen LogP contribution in [-0.2, 0) is 16.8 Å². The highest BCUT2D eigenvalue weighted by Gasteiger charge is 2.38. The summed E-state index contributed by atoms with van der Waals surface area (Å²) in [6.45, 7) is 6.45. The van der Waals surface area contributed by atoms with E-state index in [1.165, 1.54) is 5.56 Å². The van der Waals surface area contributed by atoms with Crippen molar-refractivity contribution in [3.8, 4) is 5.75 Å². The molecule has 108 valence electrons. The van der Waals surface area contributed by atoms with Crippen molar-refractivity contribution in [2.24, 2.45) is 0 Å². The number of hydrogen-bond donors (Lipinski definition) is 1. The molecule has 1 aliphatic rings. The number of benzene rings is 2. The largest absolute Gasteiger partial charge is 0.489 e. The fourth-order valence-electron chi connectivity index (χ4n) is 2.49. The van der Waals surface area contributed by atoms with E-state index in [9.17, 15) is 4.79 Å². The van der Waals surface area contributed by atoms with E-state index in [-0.39, 0.29) is 5.91 Å². The van der Waals surface area contributed by atoms with Crippen molar-refractivity contribution < 1.29 is 9.53 Å². The Hall–Kier alpha value is -2.29. The maximum Gasteiger partial charge on any atom is 0.234 e. The summed E-state index contributed by atoms with van der Waals surface area (Å²) in [4.78, 5) is 11.9. The summed E-state index contributed by atoms with van der Waals surface area (Å²) < 4.78 is 5.85. The van der Waals surface area contributed by atoms with Crippen LogP contribution in [0.5, 0.6) is 5.75 Å². The molecular weight excluding hydrogens is 262 g/mol. The average molecular weight is 281 g/mol. The fraction of sp³-hybridized carbons (Fsp3) is 0.278. The Kier molecular flexibility index (Phi) is 3.20. The molecule has 2 aromatic rings. The van der Waals surface area contributed by atoms with Crippen LogP contribution in [0, 0.1) is 6.92 Å². The molecule has 0 spiro atoms. The second-order valence-corrected chi connectivity index (χ2v) is 6.06. The topological polar surface area (TPSA) is 38.3 Å². The van der Waals surface area contributed by atoms with Gasteiger partial charge in [0.25, 0.3) is 0 Å². The van der Waals surface area contributed by atoms with E-state index >= 15 is 0 Å². The number of aryl methyl sites for hydroxylation is 1. The van der Waals surface area contributed by atoms with Gasteiger partial charge >= 0.3 is 0 Å². The molecule has 1 amide bonds. The van der Waals surface area contributed by atoms with E-state index in [1.807, 2.05) is 32.0 Å². The quantitative estimate of drug-likeness (QED) is 0.929. The maximum absolute atomic E-state index is 11.9. The number of carbonyl (C=O) groups excluding carboxylic acids is 1. The van der Waals surface area contributed by atoms with Crippen LogP contribution in [0.1, 0.15) is 30.5 Å². The van der Waals surface area contributed by atoms with Gasteiger partial charge < -0.3 is 10.1 Å². The van der Waals surface area contributed by atoms with Gasteiger partial charge in [0.15, 0.2) is 0 Å². The first-order valence-electron chi connectivity index (χ1n) is 7.11. The third kappa shape index (κ3) is 2.51. The molecule has 1 N–H and O–H groups in total. The number of hydrogen-bond acceptors (Lipinski definition) is 2. The predicted octanol–water partition coefficient (Wildman–Crippen LogP) is 3.80. The molecule has 2 aromatic carbocycles. The molecule has 0 atom stereocenters. The van der Waals surface area contributed by atoms with Gasteiger partial charge in [-0.2, -0.15) is 0 Å². The molecule has 0 aliphatic carbocycles. The zero-order valence-electron chi connectivity index (χ0n) is 12.6. The smallest absolute Gasteiger partial charge is 0.234 e. The molecule has 0 fully saturated rings. The molecule has 0 aromatic heterocycles. The van der Waals surface area contributed by atoms with Crippen LogP contribution >= 0.6 is 0 Å². The number of rotatable bonds is 3. The van der Waals surface area contributed by atoms with Gasteiger partial charge in [-0.05, 0) is 50.1 Å². The normalized spacial score (nSPS) is 15.5. The zero-order chi connectivity index (χ0) is 15.0. The second kappa shape index (κ2) is 4.92. The summed E-state index contributed by atoms with van der Waals surface area (Å²) in [6.07, 6.45) is 0. The molecule has 0 bridgehead atoms. The molecule has 0 saturated carbocycles. The highest BCUT2D eigenvalue weighted by atomic mass is 16.5. The Morgan fingerprint density at radius 3 is 2.52 bits per heavy atom. The van der Waals surface area contributed by atoms with Crippen LogP contribution in [0.4, 0.5) is 5.69 Å². The number of amides is 1. The van der Waals surface area contributed by atoms with Crippen molar-refractivity contribution >= 4 is 11.6 Å². The van der Waals surface area contributed by atoms with Crippen LogP contribution in [0.15, 0.2) is 42.5 Å². The van der Waals surface area contributed by atoms with Crippen LogP contribution in [-0.4, -0.2) is 5.91 Å². The van der Waals surface area contributed by atoms with Gasteiger partial charge in [0.1, 0.15) is 12.4 Å². The average Bonchev–Trinajstić information content (AvgIpc) is 2.69. The number of ether oxygens (including phenoxy) is 1. The molecule has 0 saturated heterocycles. The minimum atomic E-state index is -0.501. The monoisotopic (exact) mass is 281 g/mol. The summed E-state index contributed by atoms with van der Waals surface area (Å²) in [5.41, 5.74) is 3.75. The van der Waals surface area contributed by atoms with Crippen LogP contribution in [0.2, 0.25) is 0 Å². The molecule has 0 radical (unpaired) electrons. The van der Waals surface area contributed by atoms with Gasteiger partial charge in [-0.25, -0.2) is 0 Å². The van der Waals surface area contributed by atoms with Crippen LogP contribution in [0.3, 0.4) is 0 Å². The number of carbonyl (C=O) groups is 1. The van der Waals surface area contributed by atoms with Crippen molar-refractivity contribution in [2.75, 3.05) is 5.32 Å². The third-order valence-electron chi connectivity index (χ3n) is 4.01. The van der Waals surface area contributed by atoms with Gasteiger partial charge in [-0.15, -0.1) is 0 Å². The first kappa shape index (κ1) is 13.7. The summed E-state index contributed by atoms with van der Waals surface area (Å²) in [6, 6.07) is 14.1. The van der Waals surface area contributed by atoms with Crippen molar-refractivity contribution in [1.29, 1.82) is 0 Å².